The van der Waals surface area contributed by atoms with Crippen molar-refractivity contribution in [2.45, 2.75) is 0 Å². The van der Waals surface area contributed by atoms with E-state index in [0.717, 1.165) is 11.1 Å². The number of non-ortho nitro benzene ring substituents is 1. The third-order valence-corrected chi connectivity index (χ3v) is 2.98. The number of aromatic nitrogens is 2. The summed E-state index contributed by atoms with van der Waals surface area (Å²) < 4.78 is 4.49. The number of benzene rings is 2. The molecule has 0 atom stereocenters. The van der Waals surface area contributed by atoms with Crippen LogP contribution in [0.25, 0.3) is 23.2 Å². The van der Waals surface area contributed by atoms with Crippen LogP contribution in [-0.2, 0) is 0 Å². The van der Waals surface area contributed by atoms with Crippen LogP contribution < -0.4 is 4.90 Å². The molecule has 0 aliphatic heterocycles. The van der Waals surface area contributed by atoms with Crippen molar-refractivity contribution in [1.29, 1.82) is 0 Å². The van der Waals surface area contributed by atoms with E-state index in [1.54, 1.807) is 30.3 Å². The zero-order valence-electron chi connectivity index (χ0n) is 10.7. The number of hydrogen-bond acceptors (Lipinski definition) is 5. The van der Waals surface area contributed by atoms with E-state index in [4.69, 9.17) is 0 Å². The second kappa shape index (κ2) is 5.04. The molecular weight excluding hydrogens is 274 g/mol. The van der Waals surface area contributed by atoms with Gasteiger partial charge >= 0.3 is 0 Å². The Bertz CT molecular complexity index is 837. The van der Waals surface area contributed by atoms with Crippen LogP contribution in [0.2, 0.25) is 0 Å². The third-order valence-electron chi connectivity index (χ3n) is 2.98. The molecule has 0 aliphatic rings. The normalized spacial score (nSPS) is 11.2. The maximum atomic E-state index is 11.2. The average Bonchev–Trinajstić information content (AvgIpc) is 2.86. The van der Waals surface area contributed by atoms with Gasteiger partial charge in [0.25, 0.3) is 5.69 Å². The highest BCUT2D eigenvalue weighted by molar-refractivity contribution is 5.78. The lowest BCUT2D eigenvalue weighted by Crippen LogP contribution is -2.22. The Hall–Kier alpha value is -3.22. The third kappa shape index (κ3) is 2.57. The number of hydrogen-bond donors (Lipinski definition) is 0. The summed E-state index contributed by atoms with van der Waals surface area (Å²) in [5, 5.41) is 25.4. The van der Waals surface area contributed by atoms with E-state index >= 15 is 0 Å². The highest BCUT2D eigenvalue weighted by Gasteiger charge is 2.08. The molecule has 0 saturated heterocycles. The van der Waals surface area contributed by atoms with Crippen LogP contribution in [0.15, 0.2) is 47.1 Å². The second-order valence-electron chi connectivity index (χ2n) is 4.36. The molecule has 1 heterocycles. The minimum Gasteiger partial charge on any atom is -0.359 e. The van der Waals surface area contributed by atoms with Crippen LogP contribution in [0, 0.1) is 15.3 Å². The molecule has 0 amide bonds. The van der Waals surface area contributed by atoms with Gasteiger partial charge in [0.1, 0.15) is 0 Å². The van der Waals surface area contributed by atoms with Gasteiger partial charge in [-0.15, -0.1) is 0 Å². The van der Waals surface area contributed by atoms with Crippen molar-refractivity contribution in [3.05, 3.63) is 68.9 Å². The summed E-state index contributed by atoms with van der Waals surface area (Å²) in [6, 6.07) is 11.3. The van der Waals surface area contributed by atoms with Crippen molar-refractivity contribution < 1.29 is 14.5 Å². The smallest absolute Gasteiger partial charge is 0.269 e. The van der Waals surface area contributed by atoms with Gasteiger partial charge in [-0.1, -0.05) is 18.2 Å². The first-order chi connectivity index (χ1) is 10.1. The van der Waals surface area contributed by atoms with Crippen LogP contribution in [-0.4, -0.2) is 10.1 Å². The fourth-order valence-electron chi connectivity index (χ4n) is 1.90. The summed E-state index contributed by atoms with van der Waals surface area (Å²) in [6.45, 7) is 0. The standard InChI is InChI=1S/C14H9N3O4/c18-16(19)12-6-3-10(4-7-12)1-2-11-5-8-14-13(9-11)15-21-17(14)20/h1-9H/b2-1+. The maximum absolute atomic E-state index is 11.2. The van der Waals surface area contributed by atoms with E-state index in [1.165, 1.54) is 12.1 Å². The van der Waals surface area contributed by atoms with Crippen molar-refractivity contribution >= 4 is 28.9 Å². The Morgan fingerprint density at radius 3 is 2.48 bits per heavy atom. The van der Waals surface area contributed by atoms with Crippen LogP contribution in [0.5, 0.6) is 0 Å². The van der Waals surface area contributed by atoms with E-state index in [9.17, 15) is 15.3 Å². The summed E-state index contributed by atoms with van der Waals surface area (Å²) in [5.41, 5.74) is 2.56. The summed E-state index contributed by atoms with van der Waals surface area (Å²) >= 11 is 0. The monoisotopic (exact) mass is 283 g/mol. The van der Waals surface area contributed by atoms with Gasteiger partial charge in [-0.25, -0.2) is 0 Å². The van der Waals surface area contributed by atoms with Crippen molar-refractivity contribution in [3.63, 3.8) is 0 Å². The van der Waals surface area contributed by atoms with Crippen LogP contribution in [0.4, 0.5) is 5.69 Å². The minimum absolute atomic E-state index is 0.0520. The Balaban J connectivity index is 1.85. The first-order valence-corrected chi connectivity index (χ1v) is 6.05. The van der Waals surface area contributed by atoms with Crippen molar-refractivity contribution in [1.82, 2.24) is 5.16 Å². The SMILES string of the molecule is O=[N+]([O-])c1ccc(/C=C/c2ccc3c(c2)no[n+]3[O-])cc1. The maximum Gasteiger partial charge on any atom is 0.269 e. The molecule has 7 nitrogen and oxygen atoms in total. The van der Waals surface area contributed by atoms with Gasteiger partial charge in [0, 0.05) is 23.4 Å². The van der Waals surface area contributed by atoms with E-state index in [2.05, 4.69) is 9.79 Å². The molecule has 0 bridgehead atoms. The molecule has 7 heteroatoms. The van der Waals surface area contributed by atoms with Crippen LogP contribution in [0.1, 0.15) is 11.1 Å². The predicted molar refractivity (Wildman–Crippen MR) is 75.0 cm³/mol. The number of nitro groups is 1. The largest absolute Gasteiger partial charge is 0.359 e. The van der Waals surface area contributed by atoms with E-state index < -0.39 is 4.92 Å². The predicted octanol–water partition coefficient (Wildman–Crippen LogP) is 2.54. The first-order valence-electron chi connectivity index (χ1n) is 6.05. The van der Waals surface area contributed by atoms with Crippen molar-refractivity contribution in [3.8, 4) is 0 Å². The number of nitro benzene ring substituents is 1. The molecule has 0 radical (unpaired) electrons. The van der Waals surface area contributed by atoms with Crippen LogP contribution >= 0.6 is 0 Å². The Kier molecular flexibility index (Phi) is 3.07. The molecule has 3 aromatic rings. The molecule has 0 N–H and O–H groups in total. The lowest BCUT2D eigenvalue weighted by atomic mass is 10.1. The number of nitrogens with zero attached hydrogens (tertiary/aromatic N) is 3. The van der Waals surface area contributed by atoms with E-state index in [1.807, 2.05) is 12.2 Å². The lowest BCUT2D eigenvalue weighted by Gasteiger charge is -1.94. The first kappa shape index (κ1) is 12.8. The summed E-state index contributed by atoms with van der Waals surface area (Å²) in [5.74, 6) is 0. The quantitative estimate of drug-likeness (QED) is 0.318. The zero-order chi connectivity index (χ0) is 14.8. The molecule has 0 aliphatic carbocycles. The summed E-state index contributed by atoms with van der Waals surface area (Å²) in [6.07, 6.45) is 3.64. The molecule has 3 rings (SSSR count). The minimum atomic E-state index is -0.440. The van der Waals surface area contributed by atoms with Crippen molar-refractivity contribution in [2.75, 3.05) is 0 Å². The molecule has 0 spiro atoms. The molecular formula is C14H9N3O4. The van der Waals surface area contributed by atoms with E-state index in [0.29, 0.717) is 15.9 Å². The Morgan fingerprint density at radius 2 is 1.76 bits per heavy atom. The summed E-state index contributed by atoms with van der Waals surface area (Å²) in [4.78, 5) is 10.5. The molecule has 104 valence electrons. The molecule has 0 fully saturated rings. The highest BCUT2D eigenvalue weighted by Crippen LogP contribution is 2.16. The van der Waals surface area contributed by atoms with Crippen molar-refractivity contribution in [2.24, 2.45) is 0 Å². The molecule has 1 aromatic heterocycles. The Morgan fingerprint density at radius 1 is 1.10 bits per heavy atom. The average molecular weight is 283 g/mol. The topological polar surface area (TPSA) is 96.1 Å². The Labute approximate surface area is 118 Å². The fraction of sp³-hybridized carbons (Fsp3) is 0. The van der Waals surface area contributed by atoms with Gasteiger partial charge in [-0.2, -0.15) is 0 Å². The fourth-order valence-corrected chi connectivity index (χ4v) is 1.90. The van der Waals surface area contributed by atoms with Gasteiger partial charge < -0.3 is 5.21 Å². The molecule has 0 saturated carbocycles. The van der Waals surface area contributed by atoms with Gasteiger partial charge in [0.2, 0.25) is 11.0 Å². The molecule has 2 aromatic carbocycles. The van der Waals surface area contributed by atoms with Gasteiger partial charge in [-0.3, -0.25) is 14.7 Å². The lowest BCUT2D eigenvalue weighted by molar-refractivity contribution is -0.782. The number of rotatable bonds is 3. The zero-order valence-corrected chi connectivity index (χ0v) is 10.7. The highest BCUT2D eigenvalue weighted by atomic mass is 16.8. The second-order valence-corrected chi connectivity index (χ2v) is 4.36. The van der Waals surface area contributed by atoms with Gasteiger partial charge in [-0.05, 0) is 34.2 Å². The molecule has 0 unspecified atom stereocenters. The van der Waals surface area contributed by atoms with Gasteiger partial charge in [0.05, 0.1) is 4.92 Å². The van der Waals surface area contributed by atoms with E-state index in [-0.39, 0.29) is 5.69 Å². The summed E-state index contributed by atoms with van der Waals surface area (Å²) in [7, 11) is 0. The number of fused-ring (bicyclic) bond motifs is 1. The van der Waals surface area contributed by atoms with Gasteiger partial charge in [0.15, 0.2) is 0 Å². The van der Waals surface area contributed by atoms with Crippen LogP contribution in [0.3, 0.4) is 0 Å². The molecule has 21 heavy (non-hydrogen) atoms.